The van der Waals surface area contributed by atoms with Crippen LogP contribution < -0.4 is 5.48 Å². The predicted octanol–water partition coefficient (Wildman–Crippen LogP) is 1.20. The third-order valence-electron chi connectivity index (χ3n) is 3.24. The van der Waals surface area contributed by atoms with Crippen LogP contribution in [0.4, 0.5) is 4.39 Å². The summed E-state index contributed by atoms with van der Waals surface area (Å²) >= 11 is 0. The highest BCUT2D eigenvalue weighted by molar-refractivity contribution is 5.29. The zero-order valence-electron chi connectivity index (χ0n) is 8.20. The van der Waals surface area contributed by atoms with E-state index in [9.17, 15) is 4.39 Å². The van der Waals surface area contributed by atoms with Crippen molar-refractivity contribution < 1.29 is 14.0 Å². The second kappa shape index (κ2) is 3.27. The average molecular weight is 209 g/mol. The molecule has 0 saturated carbocycles. The summed E-state index contributed by atoms with van der Waals surface area (Å²) in [5, 5.41) is 0. The molecule has 80 valence electrons. The van der Waals surface area contributed by atoms with Crippen molar-refractivity contribution in [3.8, 4) is 0 Å². The standard InChI is InChI=1S/C11H12FNO2/c12-10-4-2-1-3-9(10)11-7-14-5-8(11)6-15-13-11/h1-4,8,13H,5-7H2/t8-,11?/m0/s1. The number of benzene rings is 1. The number of ether oxygens (including phenoxy) is 1. The first-order valence-electron chi connectivity index (χ1n) is 5.05. The summed E-state index contributed by atoms with van der Waals surface area (Å²) in [5.41, 5.74) is 3.09. The maximum absolute atomic E-state index is 13.7. The van der Waals surface area contributed by atoms with Crippen LogP contribution in [0.2, 0.25) is 0 Å². The van der Waals surface area contributed by atoms with Gasteiger partial charge in [0, 0.05) is 11.5 Å². The van der Waals surface area contributed by atoms with Gasteiger partial charge in [-0.25, -0.2) is 4.39 Å². The first-order chi connectivity index (χ1) is 7.33. The number of hydrogen-bond acceptors (Lipinski definition) is 3. The van der Waals surface area contributed by atoms with Gasteiger partial charge in [0.2, 0.25) is 0 Å². The third-order valence-corrected chi connectivity index (χ3v) is 3.24. The van der Waals surface area contributed by atoms with E-state index in [4.69, 9.17) is 9.57 Å². The monoisotopic (exact) mass is 209 g/mol. The molecule has 2 saturated heterocycles. The summed E-state index contributed by atoms with van der Waals surface area (Å²) in [6.07, 6.45) is 0. The number of halogens is 1. The highest BCUT2D eigenvalue weighted by Gasteiger charge is 2.51. The van der Waals surface area contributed by atoms with Crippen LogP contribution >= 0.6 is 0 Å². The first-order valence-corrected chi connectivity index (χ1v) is 5.05. The number of nitrogens with one attached hydrogen (secondary N) is 1. The molecular weight excluding hydrogens is 197 g/mol. The Morgan fingerprint density at radius 1 is 1.33 bits per heavy atom. The van der Waals surface area contributed by atoms with Crippen molar-refractivity contribution in [2.45, 2.75) is 5.54 Å². The molecule has 0 bridgehead atoms. The van der Waals surface area contributed by atoms with Gasteiger partial charge in [0.1, 0.15) is 11.4 Å². The van der Waals surface area contributed by atoms with Crippen LogP contribution in [0, 0.1) is 11.7 Å². The van der Waals surface area contributed by atoms with Crippen molar-refractivity contribution in [2.24, 2.45) is 5.92 Å². The zero-order chi connectivity index (χ0) is 10.3. The van der Waals surface area contributed by atoms with E-state index in [-0.39, 0.29) is 11.7 Å². The van der Waals surface area contributed by atoms with Gasteiger partial charge in [-0.2, -0.15) is 5.48 Å². The van der Waals surface area contributed by atoms with Crippen molar-refractivity contribution in [2.75, 3.05) is 19.8 Å². The van der Waals surface area contributed by atoms with Gasteiger partial charge in [0.05, 0.1) is 19.8 Å². The van der Waals surface area contributed by atoms with Crippen molar-refractivity contribution in [3.05, 3.63) is 35.6 Å². The van der Waals surface area contributed by atoms with Gasteiger partial charge in [0.25, 0.3) is 0 Å². The van der Waals surface area contributed by atoms with E-state index in [0.29, 0.717) is 25.4 Å². The third kappa shape index (κ3) is 1.22. The van der Waals surface area contributed by atoms with Gasteiger partial charge in [-0.05, 0) is 6.07 Å². The molecule has 2 fully saturated rings. The lowest BCUT2D eigenvalue weighted by Crippen LogP contribution is -2.42. The molecule has 2 atom stereocenters. The van der Waals surface area contributed by atoms with Gasteiger partial charge in [-0.1, -0.05) is 18.2 Å². The van der Waals surface area contributed by atoms with E-state index >= 15 is 0 Å². The minimum absolute atomic E-state index is 0.203. The molecule has 0 radical (unpaired) electrons. The van der Waals surface area contributed by atoms with Crippen LogP contribution in [-0.4, -0.2) is 19.8 Å². The summed E-state index contributed by atoms with van der Waals surface area (Å²) in [6, 6.07) is 6.79. The summed E-state index contributed by atoms with van der Waals surface area (Å²) in [7, 11) is 0. The maximum Gasteiger partial charge on any atom is 0.128 e. The summed E-state index contributed by atoms with van der Waals surface area (Å²) in [5.74, 6) is 0.000370. The van der Waals surface area contributed by atoms with E-state index < -0.39 is 5.54 Å². The highest BCUT2D eigenvalue weighted by Crippen LogP contribution is 2.40. The second-order valence-corrected chi connectivity index (χ2v) is 4.08. The predicted molar refractivity (Wildman–Crippen MR) is 51.5 cm³/mol. The molecule has 15 heavy (non-hydrogen) atoms. The van der Waals surface area contributed by atoms with E-state index in [2.05, 4.69) is 5.48 Å². The Labute approximate surface area is 87.1 Å². The fraction of sp³-hybridized carbons (Fsp3) is 0.455. The summed E-state index contributed by atoms with van der Waals surface area (Å²) in [4.78, 5) is 5.23. The van der Waals surface area contributed by atoms with Crippen LogP contribution in [0.5, 0.6) is 0 Å². The lowest BCUT2D eigenvalue weighted by Gasteiger charge is -2.26. The van der Waals surface area contributed by atoms with Crippen LogP contribution in [0.3, 0.4) is 0 Å². The van der Waals surface area contributed by atoms with E-state index in [1.165, 1.54) is 6.07 Å². The Hall–Kier alpha value is -0.970. The van der Waals surface area contributed by atoms with Crippen LogP contribution in [0.15, 0.2) is 24.3 Å². The van der Waals surface area contributed by atoms with Gasteiger partial charge < -0.3 is 9.57 Å². The molecule has 4 heteroatoms. The largest absolute Gasteiger partial charge is 0.379 e. The number of hydroxylamine groups is 1. The van der Waals surface area contributed by atoms with Gasteiger partial charge in [0.15, 0.2) is 0 Å². The second-order valence-electron chi connectivity index (χ2n) is 4.08. The fourth-order valence-electron chi connectivity index (χ4n) is 2.37. The lowest BCUT2D eigenvalue weighted by molar-refractivity contribution is 0.0242. The lowest BCUT2D eigenvalue weighted by atomic mass is 9.82. The molecule has 1 aromatic rings. The molecule has 3 rings (SSSR count). The SMILES string of the molecule is Fc1ccccc1C12COC[C@H]1CON2. The molecule has 2 aliphatic rings. The van der Waals surface area contributed by atoms with Crippen LogP contribution in [0.25, 0.3) is 0 Å². The van der Waals surface area contributed by atoms with Crippen molar-refractivity contribution in [1.82, 2.24) is 5.48 Å². The van der Waals surface area contributed by atoms with E-state index in [1.54, 1.807) is 12.1 Å². The number of rotatable bonds is 1. The number of fused-ring (bicyclic) bond motifs is 1. The molecule has 0 amide bonds. The number of hydrogen-bond donors (Lipinski definition) is 1. The topological polar surface area (TPSA) is 30.5 Å². The van der Waals surface area contributed by atoms with Gasteiger partial charge in [-0.3, -0.25) is 0 Å². The van der Waals surface area contributed by atoms with E-state index in [0.717, 1.165) is 0 Å². The molecule has 2 aliphatic heterocycles. The Morgan fingerprint density at radius 2 is 2.20 bits per heavy atom. The average Bonchev–Trinajstić information content (AvgIpc) is 2.77. The van der Waals surface area contributed by atoms with Crippen LogP contribution in [0.1, 0.15) is 5.56 Å². The molecule has 2 heterocycles. The van der Waals surface area contributed by atoms with Crippen molar-refractivity contribution in [3.63, 3.8) is 0 Å². The molecule has 3 nitrogen and oxygen atoms in total. The Morgan fingerprint density at radius 3 is 3.07 bits per heavy atom. The molecular formula is C11H12FNO2. The minimum atomic E-state index is -0.481. The molecule has 1 N–H and O–H groups in total. The van der Waals surface area contributed by atoms with Crippen molar-refractivity contribution in [1.29, 1.82) is 0 Å². The zero-order valence-corrected chi connectivity index (χ0v) is 8.20. The van der Waals surface area contributed by atoms with Crippen molar-refractivity contribution >= 4 is 0 Å². The quantitative estimate of drug-likeness (QED) is 0.754. The molecule has 0 aromatic heterocycles. The normalized spacial score (nSPS) is 34.3. The molecule has 1 aromatic carbocycles. The van der Waals surface area contributed by atoms with Gasteiger partial charge >= 0.3 is 0 Å². The van der Waals surface area contributed by atoms with Crippen LogP contribution in [-0.2, 0) is 15.1 Å². The fourth-order valence-corrected chi connectivity index (χ4v) is 2.37. The van der Waals surface area contributed by atoms with Gasteiger partial charge in [-0.15, -0.1) is 0 Å². The maximum atomic E-state index is 13.7. The highest BCUT2D eigenvalue weighted by atomic mass is 19.1. The summed E-state index contributed by atoms with van der Waals surface area (Å²) < 4.78 is 19.1. The Bertz CT molecular complexity index is 373. The molecule has 0 spiro atoms. The first kappa shape index (κ1) is 9.27. The summed E-state index contributed by atoms with van der Waals surface area (Å²) in [6.45, 7) is 1.67. The minimum Gasteiger partial charge on any atom is -0.379 e. The Kier molecular flexibility index (Phi) is 2.02. The Balaban J connectivity index is 2.08. The smallest absolute Gasteiger partial charge is 0.128 e. The van der Waals surface area contributed by atoms with E-state index in [1.807, 2.05) is 6.07 Å². The molecule has 1 unspecified atom stereocenters. The molecule has 0 aliphatic carbocycles.